The fraction of sp³-hybridized carbons (Fsp3) is 0.156. The van der Waals surface area contributed by atoms with Crippen LogP contribution in [0.1, 0.15) is 47.7 Å². The molecule has 5 rings (SSSR count). The van der Waals surface area contributed by atoms with Crippen LogP contribution in [0.4, 0.5) is 5.69 Å². The van der Waals surface area contributed by atoms with Crippen LogP contribution in [0.3, 0.4) is 0 Å². The van der Waals surface area contributed by atoms with Crippen LogP contribution in [-0.2, 0) is 6.61 Å². The van der Waals surface area contributed by atoms with Crippen molar-refractivity contribution in [1.29, 1.82) is 0 Å². The molecule has 0 fully saturated rings. The first-order valence-electron chi connectivity index (χ1n) is 12.9. The number of ether oxygens (including phenoxy) is 1. The minimum Gasteiger partial charge on any atom is -0.489 e. The van der Waals surface area contributed by atoms with Crippen molar-refractivity contribution in [3.8, 4) is 17.2 Å². The quantitative estimate of drug-likeness (QED) is 0.198. The molecule has 39 heavy (non-hydrogen) atoms. The summed E-state index contributed by atoms with van der Waals surface area (Å²) in [5.41, 5.74) is 6.02. The van der Waals surface area contributed by atoms with E-state index in [1.165, 1.54) is 5.56 Å². The van der Waals surface area contributed by atoms with Crippen LogP contribution in [0.2, 0.25) is 0 Å². The summed E-state index contributed by atoms with van der Waals surface area (Å²) in [6.07, 6.45) is 1.07. The number of nitrogens with zero attached hydrogens (tertiary/aromatic N) is 1. The smallest absolute Gasteiger partial charge is 0.257 e. The van der Waals surface area contributed by atoms with Crippen molar-refractivity contribution in [2.75, 3.05) is 5.32 Å². The number of amides is 1. The Morgan fingerprint density at radius 1 is 0.974 bits per heavy atom. The fourth-order valence-corrected chi connectivity index (χ4v) is 4.30. The Morgan fingerprint density at radius 2 is 1.72 bits per heavy atom. The van der Waals surface area contributed by atoms with E-state index >= 15 is 0 Å². The van der Waals surface area contributed by atoms with Gasteiger partial charge in [-0.15, -0.1) is 0 Å². The Bertz CT molecular complexity index is 1580. The standard InChI is InChI=1S/C32H29N3O3S/c1-3-21(2)25-13-18-29-28(19-25)34-31(38-29)24-9-14-26(15-10-24)33-32(39)35-30(36)23-11-16-27(17-12-23)37-20-22-7-5-4-6-8-22/h4-19,21H,3,20H2,1-2H3,(H2,33,35,36,39). The third kappa shape index (κ3) is 6.51. The second-order valence-electron chi connectivity index (χ2n) is 9.34. The minimum atomic E-state index is -0.304. The number of nitrogens with one attached hydrogen (secondary N) is 2. The van der Waals surface area contributed by atoms with Gasteiger partial charge in [-0.1, -0.05) is 50.2 Å². The highest BCUT2D eigenvalue weighted by atomic mass is 32.1. The zero-order chi connectivity index (χ0) is 27.2. The molecular weight excluding hydrogens is 506 g/mol. The molecule has 0 aliphatic heterocycles. The van der Waals surface area contributed by atoms with Gasteiger partial charge in [0.1, 0.15) is 17.9 Å². The molecule has 0 saturated carbocycles. The molecule has 1 amide bonds. The van der Waals surface area contributed by atoms with Crippen LogP contribution in [0.5, 0.6) is 5.75 Å². The fourth-order valence-electron chi connectivity index (χ4n) is 4.09. The third-order valence-electron chi connectivity index (χ3n) is 6.57. The number of fused-ring (bicyclic) bond motifs is 1. The van der Waals surface area contributed by atoms with Crippen molar-refractivity contribution in [1.82, 2.24) is 10.3 Å². The second-order valence-corrected chi connectivity index (χ2v) is 9.75. The maximum atomic E-state index is 12.6. The largest absolute Gasteiger partial charge is 0.489 e. The predicted molar refractivity (Wildman–Crippen MR) is 159 cm³/mol. The van der Waals surface area contributed by atoms with Crippen LogP contribution in [-0.4, -0.2) is 16.0 Å². The molecule has 5 aromatic rings. The van der Waals surface area contributed by atoms with Crippen LogP contribution >= 0.6 is 12.2 Å². The van der Waals surface area contributed by atoms with Gasteiger partial charge in [0.15, 0.2) is 10.7 Å². The number of aromatic nitrogens is 1. The number of benzene rings is 4. The Morgan fingerprint density at radius 3 is 2.44 bits per heavy atom. The molecule has 0 spiro atoms. The van der Waals surface area contributed by atoms with Crippen molar-refractivity contribution in [2.45, 2.75) is 32.8 Å². The van der Waals surface area contributed by atoms with Crippen molar-refractivity contribution in [3.63, 3.8) is 0 Å². The molecule has 196 valence electrons. The first-order chi connectivity index (χ1) is 19.0. The lowest BCUT2D eigenvalue weighted by Crippen LogP contribution is -2.34. The summed E-state index contributed by atoms with van der Waals surface area (Å²) in [7, 11) is 0. The number of oxazole rings is 1. The van der Waals surface area contributed by atoms with Gasteiger partial charge < -0.3 is 14.5 Å². The maximum absolute atomic E-state index is 12.6. The van der Waals surface area contributed by atoms with Crippen molar-refractivity contribution >= 4 is 40.0 Å². The highest BCUT2D eigenvalue weighted by Crippen LogP contribution is 2.28. The number of thiocarbonyl (C=S) groups is 1. The molecule has 0 aliphatic carbocycles. The average molecular weight is 536 g/mol. The lowest BCUT2D eigenvalue weighted by molar-refractivity contribution is 0.0977. The molecule has 0 aliphatic rings. The zero-order valence-electron chi connectivity index (χ0n) is 21.8. The van der Waals surface area contributed by atoms with Crippen LogP contribution in [0.25, 0.3) is 22.6 Å². The van der Waals surface area contributed by atoms with Crippen molar-refractivity contribution in [2.24, 2.45) is 0 Å². The lowest BCUT2D eigenvalue weighted by Gasteiger charge is -2.11. The first kappa shape index (κ1) is 26.1. The first-order valence-corrected chi connectivity index (χ1v) is 13.3. The van der Waals surface area contributed by atoms with Crippen LogP contribution in [0.15, 0.2) is 101 Å². The van der Waals surface area contributed by atoms with E-state index in [2.05, 4.69) is 41.6 Å². The molecule has 6 nitrogen and oxygen atoms in total. The Balaban J connectivity index is 1.16. The van der Waals surface area contributed by atoms with E-state index in [4.69, 9.17) is 21.4 Å². The molecule has 2 N–H and O–H groups in total. The summed E-state index contributed by atoms with van der Waals surface area (Å²) >= 11 is 5.35. The summed E-state index contributed by atoms with van der Waals surface area (Å²) in [5.74, 6) is 1.42. The summed E-state index contributed by atoms with van der Waals surface area (Å²) in [5, 5.41) is 5.97. The molecule has 4 aromatic carbocycles. The normalized spacial score (nSPS) is 11.6. The van der Waals surface area contributed by atoms with Gasteiger partial charge in [-0.3, -0.25) is 10.1 Å². The number of hydrogen-bond donors (Lipinski definition) is 2. The van der Waals surface area contributed by atoms with Gasteiger partial charge >= 0.3 is 0 Å². The number of anilines is 1. The Hall–Kier alpha value is -4.49. The monoisotopic (exact) mass is 535 g/mol. The van der Waals surface area contributed by atoms with Gasteiger partial charge in [-0.25, -0.2) is 4.98 Å². The number of rotatable bonds is 8. The number of carbonyl (C=O) groups is 1. The molecule has 1 heterocycles. The summed E-state index contributed by atoms with van der Waals surface area (Å²) < 4.78 is 11.8. The Labute approximate surface area is 233 Å². The summed E-state index contributed by atoms with van der Waals surface area (Å²) in [4.78, 5) is 17.3. The van der Waals surface area contributed by atoms with E-state index in [0.29, 0.717) is 29.7 Å². The maximum Gasteiger partial charge on any atom is 0.257 e. The predicted octanol–water partition coefficient (Wildman–Crippen LogP) is 7.71. The molecule has 0 bridgehead atoms. The minimum absolute atomic E-state index is 0.205. The van der Waals surface area contributed by atoms with Crippen molar-refractivity contribution < 1.29 is 13.9 Å². The van der Waals surface area contributed by atoms with Gasteiger partial charge in [0.2, 0.25) is 5.89 Å². The molecule has 1 atom stereocenters. The van der Waals surface area contributed by atoms with Gasteiger partial charge in [-0.05, 0) is 96.3 Å². The second kappa shape index (κ2) is 11.9. The number of hydrogen-bond acceptors (Lipinski definition) is 5. The van der Waals surface area contributed by atoms with E-state index in [1.54, 1.807) is 24.3 Å². The molecular formula is C32H29N3O3S. The van der Waals surface area contributed by atoms with Gasteiger partial charge in [0, 0.05) is 16.8 Å². The average Bonchev–Trinajstić information content (AvgIpc) is 3.40. The zero-order valence-corrected chi connectivity index (χ0v) is 22.6. The molecule has 0 saturated heterocycles. The van der Waals surface area contributed by atoms with E-state index in [1.807, 2.05) is 60.7 Å². The van der Waals surface area contributed by atoms with Crippen LogP contribution < -0.4 is 15.4 Å². The molecule has 0 radical (unpaired) electrons. The van der Waals surface area contributed by atoms with E-state index < -0.39 is 0 Å². The topological polar surface area (TPSA) is 76.4 Å². The highest BCUT2D eigenvalue weighted by Gasteiger charge is 2.12. The number of carbonyl (C=O) groups excluding carboxylic acids is 1. The summed E-state index contributed by atoms with van der Waals surface area (Å²) in [6.45, 7) is 4.85. The summed E-state index contributed by atoms with van der Waals surface area (Å²) in [6, 6.07) is 30.6. The molecule has 1 aromatic heterocycles. The third-order valence-corrected chi connectivity index (χ3v) is 6.78. The van der Waals surface area contributed by atoms with Gasteiger partial charge in [-0.2, -0.15) is 0 Å². The highest BCUT2D eigenvalue weighted by molar-refractivity contribution is 7.80. The van der Waals surface area contributed by atoms with Crippen LogP contribution in [0, 0.1) is 0 Å². The van der Waals surface area contributed by atoms with Gasteiger partial charge in [0.05, 0.1) is 0 Å². The van der Waals surface area contributed by atoms with E-state index in [9.17, 15) is 4.79 Å². The van der Waals surface area contributed by atoms with E-state index in [0.717, 1.165) is 34.3 Å². The SMILES string of the molecule is CCC(C)c1ccc2oc(-c3ccc(NC(=S)NC(=O)c4ccc(OCc5ccccc5)cc4)cc3)nc2c1. The molecule has 7 heteroatoms. The van der Waals surface area contributed by atoms with E-state index in [-0.39, 0.29) is 11.0 Å². The molecule has 1 unspecified atom stereocenters. The van der Waals surface area contributed by atoms with Crippen molar-refractivity contribution in [3.05, 3.63) is 114 Å². The Kier molecular flexibility index (Phi) is 7.99. The lowest BCUT2D eigenvalue weighted by atomic mass is 9.98. The van der Waals surface area contributed by atoms with Gasteiger partial charge in [0.25, 0.3) is 5.91 Å².